The highest BCUT2D eigenvalue weighted by Gasteiger charge is 2.30. The Labute approximate surface area is 670 Å². The molecule has 3 N–H and O–H groups in total. The Balaban J connectivity index is 5.23. The third-order valence-electron chi connectivity index (χ3n) is 21.4. The van der Waals surface area contributed by atoms with Crippen molar-refractivity contribution in [2.24, 2.45) is 0 Å². The molecule has 0 spiro atoms. The fraction of sp³-hybridized carbons (Fsp3) is 0.956. The van der Waals surface area contributed by atoms with Gasteiger partial charge >= 0.3 is 39.5 Å². The number of esters is 4. The highest BCUT2D eigenvalue weighted by Crippen LogP contribution is 2.45. The lowest BCUT2D eigenvalue weighted by atomic mass is 10.0. The number of ether oxygens (including phenoxy) is 4. The van der Waals surface area contributed by atoms with E-state index in [2.05, 4.69) is 27.7 Å². The molecule has 648 valence electrons. The standard InChI is InChI=1S/C90H176O17P2/c1-5-9-13-17-21-25-29-33-36-38-40-42-44-46-49-51-55-59-63-67-71-75-88(93)101-81-86(107-90(95)77-73-69-65-61-57-53-50-47-45-43-41-39-37-34-30-26-22-18-14-10-6-2)83-105-109(98,99)103-79-84(91)78-102-108(96,97)104-82-85(80-100-87(92)74-70-66-62-58-54-32-28-24-20-16-12-8-4)106-89(94)76-72-68-64-60-56-52-48-35-31-27-23-19-15-11-7-3/h84-86,91H,5-83H2,1-4H3,(H,96,97)(H,98,99)/t84-,85+,86+/m0/s1. The number of hydrogen-bond acceptors (Lipinski definition) is 15. The molecule has 0 heterocycles. The predicted octanol–water partition coefficient (Wildman–Crippen LogP) is 28.1. The van der Waals surface area contributed by atoms with Gasteiger partial charge in [0.15, 0.2) is 12.2 Å². The van der Waals surface area contributed by atoms with Gasteiger partial charge in [-0.3, -0.25) is 37.3 Å². The summed E-state index contributed by atoms with van der Waals surface area (Å²) in [6.45, 7) is 5.08. The molecule has 0 rings (SSSR count). The van der Waals surface area contributed by atoms with Crippen molar-refractivity contribution >= 4 is 39.5 Å². The molecular weight excluding hydrogens is 1410 g/mol. The van der Waals surface area contributed by atoms with E-state index in [1.807, 2.05) is 0 Å². The van der Waals surface area contributed by atoms with E-state index < -0.39 is 97.5 Å². The Bertz CT molecular complexity index is 2050. The van der Waals surface area contributed by atoms with Gasteiger partial charge in [0.1, 0.15) is 19.3 Å². The molecule has 0 bridgehead atoms. The Morgan fingerprint density at radius 2 is 0.367 bits per heavy atom. The van der Waals surface area contributed by atoms with Crippen LogP contribution in [0.1, 0.15) is 496 Å². The van der Waals surface area contributed by atoms with Gasteiger partial charge in [0.2, 0.25) is 0 Å². The van der Waals surface area contributed by atoms with Crippen LogP contribution in [-0.2, 0) is 65.4 Å². The van der Waals surface area contributed by atoms with Crippen molar-refractivity contribution in [2.75, 3.05) is 39.6 Å². The van der Waals surface area contributed by atoms with E-state index in [0.29, 0.717) is 25.7 Å². The molecule has 0 aliphatic carbocycles. The van der Waals surface area contributed by atoms with Crippen LogP contribution in [0.2, 0.25) is 0 Å². The zero-order valence-electron chi connectivity index (χ0n) is 71.5. The molecule has 19 heteroatoms. The Hall–Kier alpha value is -1.94. The van der Waals surface area contributed by atoms with Gasteiger partial charge in [-0.2, -0.15) is 0 Å². The number of rotatable bonds is 91. The average molecular weight is 1590 g/mol. The molecule has 0 amide bonds. The van der Waals surface area contributed by atoms with Crippen LogP contribution in [0.4, 0.5) is 0 Å². The summed E-state index contributed by atoms with van der Waals surface area (Å²) in [7, 11) is -9.93. The number of hydrogen-bond donors (Lipinski definition) is 3. The zero-order valence-corrected chi connectivity index (χ0v) is 73.3. The van der Waals surface area contributed by atoms with Crippen LogP contribution in [0.3, 0.4) is 0 Å². The molecule has 0 saturated carbocycles. The van der Waals surface area contributed by atoms with Crippen LogP contribution in [0.15, 0.2) is 0 Å². The number of phosphoric acid groups is 2. The lowest BCUT2D eigenvalue weighted by molar-refractivity contribution is -0.161. The van der Waals surface area contributed by atoms with Gasteiger partial charge in [-0.05, 0) is 25.7 Å². The fourth-order valence-electron chi connectivity index (χ4n) is 14.2. The molecule has 0 fully saturated rings. The second-order valence-corrected chi connectivity index (χ2v) is 35.3. The van der Waals surface area contributed by atoms with Crippen LogP contribution >= 0.6 is 15.6 Å². The van der Waals surface area contributed by atoms with Crippen LogP contribution in [0.5, 0.6) is 0 Å². The number of phosphoric ester groups is 2. The topological polar surface area (TPSA) is 237 Å². The smallest absolute Gasteiger partial charge is 0.462 e. The lowest BCUT2D eigenvalue weighted by Crippen LogP contribution is -2.30. The van der Waals surface area contributed by atoms with Crippen molar-refractivity contribution < 1.29 is 80.2 Å². The summed E-state index contributed by atoms with van der Waals surface area (Å²) in [5.74, 6) is -2.09. The van der Waals surface area contributed by atoms with E-state index >= 15 is 0 Å². The first-order chi connectivity index (χ1) is 53.2. The maximum Gasteiger partial charge on any atom is 0.472 e. The van der Waals surface area contributed by atoms with Crippen molar-refractivity contribution in [3.63, 3.8) is 0 Å². The number of unbranched alkanes of at least 4 members (excludes halogenated alkanes) is 65. The molecule has 109 heavy (non-hydrogen) atoms. The maximum absolute atomic E-state index is 13.2. The summed E-state index contributed by atoms with van der Waals surface area (Å²) in [5, 5.41) is 10.7. The third-order valence-corrected chi connectivity index (χ3v) is 23.3. The van der Waals surface area contributed by atoms with E-state index in [-0.39, 0.29) is 25.7 Å². The molecule has 0 aromatic heterocycles. The largest absolute Gasteiger partial charge is 0.472 e. The minimum absolute atomic E-state index is 0.109. The van der Waals surface area contributed by atoms with Crippen LogP contribution in [-0.4, -0.2) is 96.7 Å². The Morgan fingerprint density at radius 1 is 0.220 bits per heavy atom. The minimum atomic E-state index is -4.97. The van der Waals surface area contributed by atoms with Crippen molar-refractivity contribution in [2.45, 2.75) is 515 Å². The van der Waals surface area contributed by atoms with Crippen molar-refractivity contribution in [1.82, 2.24) is 0 Å². The van der Waals surface area contributed by atoms with Gasteiger partial charge in [0, 0.05) is 25.7 Å². The normalized spacial score (nSPS) is 13.6. The second-order valence-electron chi connectivity index (χ2n) is 32.3. The van der Waals surface area contributed by atoms with Gasteiger partial charge in [-0.1, -0.05) is 445 Å². The predicted molar refractivity (Wildman–Crippen MR) is 451 cm³/mol. The number of aliphatic hydroxyl groups excluding tert-OH is 1. The highest BCUT2D eigenvalue weighted by atomic mass is 31.2. The quantitative estimate of drug-likeness (QED) is 0.0222. The highest BCUT2D eigenvalue weighted by molar-refractivity contribution is 7.47. The van der Waals surface area contributed by atoms with Crippen LogP contribution < -0.4 is 0 Å². The monoisotopic (exact) mass is 1590 g/mol. The molecule has 2 unspecified atom stereocenters. The summed E-state index contributed by atoms with van der Waals surface area (Å²) in [6.07, 6.45) is 80.6. The first-order valence-electron chi connectivity index (χ1n) is 46.8. The van der Waals surface area contributed by atoms with Crippen molar-refractivity contribution in [1.29, 1.82) is 0 Å². The molecule has 0 radical (unpaired) electrons. The first-order valence-corrected chi connectivity index (χ1v) is 49.8. The fourth-order valence-corrected chi connectivity index (χ4v) is 15.8. The average Bonchev–Trinajstić information content (AvgIpc) is 0.905. The molecule has 0 aliphatic heterocycles. The zero-order chi connectivity index (χ0) is 79.6. The molecule has 5 atom stereocenters. The van der Waals surface area contributed by atoms with Gasteiger partial charge in [-0.25, -0.2) is 9.13 Å². The van der Waals surface area contributed by atoms with Crippen molar-refractivity contribution in [3.8, 4) is 0 Å². The Morgan fingerprint density at radius 3 is 0.541 bits per heavy atom. The summed E-state index contributed by atoms with van der Waals surface area (Å²) >= 11 is 0. The molecule has 0 aliphatic rings. The first kappa shape index (κ1) is 107. The Kier molecular flexibility index (Phi) is 82.5. The van der Waals surface area contributed by atoms with E-state index in [1.165, 1.54) is 327 Å². The SMILES string of the molecule is CCCCCCCCCCCCCCCCCCCCCCCC(=O)OC[C@H](COP(=O)(O)OC[C@@H](O)COP(=O)(O)OC[C@@H](COC(=O)CCCCCCCCCCCCCC)OC(=O)CCCCCCCCCCCCCCCCC)OC(=O)CCCCCCCCCCCCCCCCCCCCCCC. The van der Waals surface area contributed by atoms with Crippen molar-refractivity contribution in [3.05, 3.63) is 0 Å². The van der Waals surface area contributed by atoms with Gasteiger partial charge in [-0.15, -0.1) is 0 Å². The number of carbonyl (C=O) groups is 4. The molecule has 0 aromatic rings. The van der Waals surface area contributed by atoms with Gasteiger partial charge in [0.05, 0.1) is 26.4 Å². The van der Waals surface area contributed by atoms with Gasteiger partial charge in [0.25, 0.3) is 0 Å². The number of carbonyl (C=O) groups excluding carboxylic acids is 4. The van der Waals surface area contributed by atoms with Crippen LogP contribution in [0.25, 0.3) is 0 Å². The summed E-state index contributed by atoms with van der Waals surface area (Å²) in [5.41, 5.74) is 0. The molecule has 0 saturated heterocycles. The summed E-state index contributed by atoms with van der Waals surface area (Å²) in [4.78, 5) is 73.4. The molecule has 0 aromatic carbocycles. The second kappa shape index (κ2) is 84.0. The van der Waals surface area contributed by atoms with E-state index in [4.69, 9.17) is 37.0 Å². The van der Waals surface area contributed by atoms with Crippen LogP contribution in [0, 0.1) is 0 Å². The molecule has 17 nitrogen and oxygen atoms in total. The van der Waals surface area contributed by atoms with E-state index in [0.717, 1.165) is 89.9 Å². The third kappa shape index (κ3) is 83.8. The summed E-state index contributed by atoms with van der Waals surface area (Å²) in [6, 6.07) is 0. The summed E-state index contributed by atoms with van der Waals surface area (Å²) < 4.78 is 69.0. The maximum atomic E-state index is 13.2. The van der Waals surface area contributed by atoms with E-state index in [9.17, 15) is 43.2 Å². The minimum Gasteiger partial charge on any atom is -0.462 e. The number of aliphatic hydroxyl groups is 1. The van der Waals surface area contributed by atoms with Gasteiger partial charge < -0.3 is 33.8 Å². The molecular formula is C90H176O17P2. The lowest BCUT2D eigenvalue weighted by Gasteiger charge is -2.21. The van der Waals surface area contributed by atoms with E-state index in [1.54, 1.807) is 0 Å².